The number of phenols is 1. The van der Waals surface area contributed by atoms with Crippen LogP contribution in [0.4, 0.5) is 4.39 Å². The molecule has 6 nitrogen and oxygen atoms in total. The smallest absolute Gasteiger partial charge is 0.251 e. The first-order chi connectivity index (χ1) is 13.8. The second kappa shape index (κ2) is 10.5. The van der Waals surface area contributed by atoms with Gasteiger partial charge in [-0.15, -0.1) is 0 Å². The first-order valence-corrected chi connectivity index (χ1v) is 9.67. The highest BCUT2D eigenvalue weighted by molar-refractivity contribution is 5.94. The Kier molecular flexibility index (Phi) is 8.00. The van der Waals surface area contributed by atoms with Gasteiger partial charge in [-0.1, -0.05) is 26.0 Å². The van der Waals surface area contributed by atoms with Gasteiger partial charge in [0.1, 0.15) is 11.6 Å². The van der Waals surface area contributed by atoms with Gasteiger partial charge in [-0.05, 0) is 48.9 Å². The average molecular weight is 400 g/mol. The van der Waals surface area contributed by atoms with E-state index in [0.717, 1.165) is 5.56 Å². The molecule has 1 amide bonds. The van der Waals surface area contributed by atoms with Crippen LogP contribution in [0.5, 0.6) is 5.75 Å². The molecule has 156 valence electrons. The molecule has 0 saturated carbocycles. The lowest BCUT2D eigenvalue weighted by Crippen LogP contribution is -2.42. The van der Waals surface area contributed by atoms with E-state index in [1.165, 1.54) is 24.3 Å². The number of aromatic hydroxyl groups is 1. The van der Waals surface area contributed by atoms with Gasteiger partial charge in [0.15, 0.2) is 5.96 Å². The molecule has 0 radical (unpaired) electrons. The maximum absolute atomic E-state index is 13.5. The Morgan fingerprint density at radius 3 is 2.41 bits per heavy atom. The molecule has 0 fully saturated rings. The summed E-state index contributed by atoms with van der Waals surface area (Å²) >= 11 is 0. The Hall–Kier alpha value is -3.09. The summed E-state index contributed by atoms with van der Waals surface area (Å²) < 4.78 is 13.5. The Bertz CT molecular complexity index is 835. The molecule has 7 heteroatoms. The Morgan fingerprint density at radius 2 is 1.76 bits per heavy atom. The van der Waals surface area contributed by atoms with Crippen LogP contribution in [0.3, 0.4) is 0 Å². The minimum absolute atomic E-state index is 0.121. The number of rotatable bonds is 8. The quantitative estimate of drug-likeness (QED) is 0.312. The number of aliphatic imine (C=N–C) groups is 1. The van der Waals surface area contributed by atoms with Crippen LogP contribution in [0.2, 0.25) is 0 Å². The molecule has 0 aliphatic carbocycles. The van der Waals surface area contributed by atoms with Crippen LogP contribution in [0.15, 0.2) is 53.5 Å². The van der Waals surface area contributed by atoms with E-state index >= 15 is 0 Å². The van der Waals surface area contributed by atoms with Gasteiger partial charge >= 0.3 is 0 Å². The van der Waals surface area contributed by atoms with Crippen LogP contribution in [0.1, 0.15) is 36.7 Å². The molecule has 2 aromatic rings. The number of carbonyl (C=O) groups excluding carboxylic acids is 1. The van der Waals surface area contributed by atoms with E-state index < -0.39 is 0 Å². The summed E-state index contributed by atoms with van der Waals surface area (Å²) in [5, 5.41) is 18.4. The van der Waals surface area contributed by atoms with Crippen LogP contribution in [-0.4, -0.2) is 43.2 Å². The number of halogens is 1. The van der Waals surface area contributed by atoms with E-state index in [-0.39, 0.29) is 22.9 Å². The third kappa shape index (κ3) is 7.10. The number of guanidine groups is 1. The zero-order valence-electron chi connectivity index (χ0n) is 17.1. The average Bonchev–Trinajstić information content (AvgIpc) is 2.69. The van der Waals surface area contributed by atoms with E-state index in [4.69, 9.17) is 0 Å². The molecule has 2 aromatic carbocycles. The highest BCUT2D eigenvalue weighted by Crippen LogP contribution is 2.24. The molecular formula is C22H29FN4O2. The van der Waals surface area contributed by atoms with Crippen molar-refractivity contribution in [3.63, 3.8) is 0 Å². The first kappa shape index (κ1) is 22.2. The van der Waals surface area contributed by atoms with Crippen LogP contribution >= 0.6 is 0 Å². The maximum atomic E-state index is 13.5. The molecule has 29 heavy (non-hydrogen) atoms. The predicted molar refractivity (Wildman–Crippen MR) is 114 cm³/mol. The van der Waals surface area contributed by atoms with Crippen molar-refractivity contribution in [2.24, 2.45) is 4.99 Å². The fourth-order valence-corrected chi connectivity index (χ4v) is 2.69. The summed E-state index contributed by atoms with van der Waals surface area (Å²) in [4.78, 5) is 16.7. The van der Waals surface area contributed by atoms with Gasteiger partial charge in [0.25, 0.3) is 5.91 Å². The van der Waals surface area contributed by atoms with Crippen molar-refractivity contribution in [1.29, 1.82) is 0 Å². The van der Waals surface area contributed by atoms with Gasteiger partial charge < -0.3 is 21.1 Å². The van der Waals surface area contributed by atoms with Gasteiger partial charge in [0.2, 0.25) is 0 Å². The largest absolute Gasteiger partial charge is 0.508 e. The standard InChI is InChI=1S/C22H29FN4O2/c1-4-24-21(27-15-22(2,3)17-6-5-7-18(23)14-17)26-13-12-25-20(29)16-8-10-19(28)11-9-16/h5-11,14,28H,4,12-13,15H2,1-3H3,(H,25,29)(H2,24,26,27). The Morgan fingerprint density at radius 1 is 1.07 bits per heavy atom. The van der Waals surface area contributed by atoms with Gasteiger partial charge in [-0.25, -0.2) is 4.39 Å². The second-order valence-electron chi connectivity index (χ2n) is 7.32. The summed E-state index contributed by atoms with van der Waals surface area (Å²) in [5.74, 6) is 0.293. The summed E-state index contributed by atoms with van der Waals surface area (Å²) in [5.41, 5.74) is 1.05. The predicted octanol–water partition coefficient (Wildman–Crippen LogP) is 2.79. The number of nitrogens with zero attached hydrogens (tertiary/aromatic N) is 1. The van der Waals surface area contributed by atoms with Gasteiger partial charge in [-0.2, -0.15) is 0 Å². The van der Waals surface area contributed by atoms with Crippen molar-refractivity contribution in [2.75, 3.05) is 26.2 Å². The fourth-order valence-electron chi connectivity index (χ4n) is 2.69. The van der Waals surface area contributed by atoms with E-state index in [0.29, 0.717) is 37.7 Å². The number of amides is 1. The van der Waals surface area contributed by atoms with Gasteiger partial charge in [0.05, 0.1) is 6.54 Å². The second-order valence-corrected chi connectivity index (χ2v) is 7.32. The molecule has 0 aliphatic rings. The summed E-state index contributed by atoms with van der Waals surface area (Å²) in [6, 6.07) is 12.7. The van der Waals surface area contributed by atoms with Crippen LogP contribution in [0, 0.1) is 5.82 Å². The number of nitrogens with one attached hydrogen (secondary N) is 3. The van der Waals surface area contributed by atoms with Crippen molar-refractivity contribution >= 4 is 11.9 Å². The molecule has 2 rings (SSSR count). The molecule has 0 unspecified atom stereocenters. The number of carbonyl (C=O) groups is 1. The minimum atomic E-state index is -0.322. The zero-order chi connectivity index (χ0) is 21.3. The lowest BCUT2D eigenvalue weighted by atomic mass is 9.85. The molecule has 4 N–H and O–H groups in total. The van der Waals surface area contributed by atoms with Crippen molar-refractivity contribution in [3.05, 3.63) is 65.5 Å². The number of hydrogen-bond acceptors (Lipinski definition) is 3. The Balaban J connectivity index is 1.87. The zero-order valence-corrected chi connectivity index (χ0v) is 17.1. The van der Waals surface area contributed by atoms with E-state index in [2.05, 4.69) is 20.9 Å². The summed E-state index contributed by atoms with van der Waals surface area (Å²) in [6.07, 6.45) is 0. The number of phenolic OH excluding ortho intramolecular Hbond substituents is 1. The number of hydrogen-bond donors (Lipinski definition) is 4. The normalized spacial score (nSPS) is 11.8. The van der Waals surface area contributed by atoms with E-state index in [1.54, 1.807) is 18.2 Å². The number of benzene rings is 2. The third-order valence-corrected chi connectivity index (χ3v) is 4.42. The highest BCUT2D eigenvalue weighted by atomic mass is 19.1. The van der Waals surface area contributed by atoms with Crippen molar-refractivity contribution < 1.29 is 14.3 Å². The molecule has 0 spiro atoms. The van der Waals surface area contributed by atoms with Gasteiger partial charge in [-0.3, -0.25) is 9.79 Å². The van der Waals surface area contributed by atoms with Crippen LogP contribution < -0.4 is 16.0 Å². The molecule has 0 heterocycles. The summed E-state index contributed by atoms with van der Waals surface area (Å²) in [7, 11) is 0. The maximum Gasteiger partial charge on any atom is 0.251 e. The Labute approximate surface area is 171 Å². The molecule has 0 bridgehead atoms. The fraction of sp³-hybridized carbons (Fsp3) is 0.364. The lowest BCUT2D eigenvalue weighted by molar-refractivity contribution is 0.0954. The van der Waals surface area contributed by atoms with Crippen molar-refractivity contribution in [1.82, 2.24) is 16.0 Å². The third-order valence-electron chi connectivity index (χ3n) is 4.42. The summed E-state index contributed by atoms with van der Waals surface area (Å²) in [6.45, 7) is 8.10. The van der Waals surface area contributed by atoms with Crippen LogP contribution in [-0.2, 0) is 5.41 Å². The highest BCUT2D eigenvalue weighted by Gasteiger charge is 2.21. The van der Waals surface area contributed by atoms with Crippen molar-refractivity contribution in [3.8, 4) is 5.75 Å². The minimum Gasteiger partial charge on any atom is -0.508 e. The lowest BCUT2D eigenvalue weighted by Gasteiger charge is -2.24. The monoisotopic (exact) mass is 400 g/mol. The topological polar surface area (TPSA) is 85.8 Å². The van der Waals surface area contributed by atoms with E-state index in [9.17, 15) is 14.3 Å². The SMILES string of the molecule is CCNC(=NCC(C)(C)c1cccc(F)c1)NCCNC(=O)c1ccc(O)cc1. The molecule has 0 aliphatic heterocycles. The van der Waals surface area contributed by atoms with Gasteiger partial charge in [0, 0.05) is 30.6 Å². The molecular weight excluding hydrogens is 371 g/mol. The van der Waals surface area contributed by atoms with Crippen LogP contribution in [0.25, 0.3) is 0 Å². The first-order valence-electron chi connectivity index (χ1n) is 9.67. The molecule has 0 atom stereocenters. The molecule has 0 aromatic heterocycles. The van der Waals surface area contributed by atoms with Crippen molar-refractivity contribution in [2.45, 2.75) is 26.2 Å². The molecule has 0 saturated heterocycles. The van der Waals surface area contributed by atoms with E-state index in [1.807, 2.05) is 26.8 Å².